The highest BCUT2D eigenvalue weighted by atomic mass is 15.0. The van der Waals surface area contributed by atoms with Crippen LogP contribution in [0.4, 0.5) is 0 Å². The molecule has 0 aliphatic rings. The molecule has 0 radical (unpaired) electrons. The third-order valence-electron chi connectivity index (χ3n) is 6.94. The van der Waals surface area contributed by atoms with Gasteiger partial charge in [-0.1, -0.05) is 84.0 Å². The summed E-state index contributed by atoms with van der Waals surface area (Å²) in [6.07, 6.45) is 0. The minimum Gasteiger partial charge on any atom is -0.309 e. The minimum atomic E-state index is 0.0693. The van der Waals surface area contributed by atoms with Crippen LogP contribution in [0.1, 0.15) is 58.2 Å². The summed E-state index contributed by atoms with van der Waals surface area (Å²) < 4.78 is 2.39. The normalized spacial score (nSPS) is 12.3. The Labute approximate surface area is 208 Å². The van der Waals surface area contributed by atoms with Gasteiger partial charge in [0.1, 0.15) is 0 Å². The molecule has 0 atom stereocenters. The first-order valence-corrected chi connectivity index (χ1v) is 12.3. The molecule has 0 saturated heterocycles. The molecule has 0 bridgehead atoms. The van der Waals surface area contributed by atoms with E-state index in [0.717, 1.165) is 16.8 Å². The van der Waals surface area contributed by atoms with Gasteiger partial charge in [0.15, 0.2) is 0 Å². The summed E-state index contributed by atoms with van der Waals surface area (Å²) in [4.78, 5) is 0. The van der Waals surface area contributed by atoms with Crippen LogP contribution in [-0.2, 0) is 10.8 Å². The van der Waals surface area contributed by atoms with E-state index >= 15 is 0 Å². The molecule has 0 fully saturated rings. The Morgan fingerprint density at radius 3 is 1.74 bits per heavy atom. The van der Waals surface area contributed by atoms with Gasteiger partial charge >= 0.3 is 0 Å². The second-order valence-corrected chi connectivity index (χ2v) is 11.5. The standard InChI is InChI=1S/C33H32N2/c1-32(2,3)24-14-16-30-27(19-24)28-20-25(33(4,5)6)15-17-31(28)35(30)29-13-8-7-12-26(29)23-11-9-10-22(18-23)21-34/h7-20H,1-6H3. The van der Waals surface area contributed by atoms with Crippen LogP contribution in [0.3, 0.4) is 0 Å². The smallest absolute Gasteiger partial charge is 0.0991 e. The predicted octanol–water partition coefficient (Wildman–Crippen LogP) is 8.92. The molecule has 0 aliphatic heterocycles. The molecule has 0 spiro atoms. The number of hydrogen-bond acceptors (Lipinski definition) is 1. The maximum Gasteiger partial charge on any atom is 0.0991 e. The van der Waals surface area contributed by atoms with Crippen LogP contribution in [0.2, 0.25) is 0 Å². The van der Waals surface area contributed by atoms with Crippen LogP contribution >= 0.6 is 0 Å². The molecule has 5 rings (SSSR count). The molecule has 0 unspecified atom stereocenters. The number of fused-ring (bicyclic) bond motifs is 3. The van der Waals surface area contributed by atoms with Crippen molar-refractivity contribution in [1.82, 2.24) is 4.57 Å². The Hall–Kier alpha value is -3.83. The lowest BCUT2D eigenvalue weighted by molar-refractivity contribution is 0.590. The number of nitrogens with zero attached hydrogens (tertiary/aromatic N) is 2. The van der Waals surface area contributed by atoms with Gasteiger partial charge in [0.05, 0.1) is 28.4 Å². The molecule has 35 heavy (non-hydrogen) atoms. The highest BCUT2D eigenvalue weighted by Crippen LogP contribution is 2.39. The van der Waals surface area contributed by atoms with Crippen molar-refractivity contribution >= 4 is 21.8 Å². The van der Waals surface area contributed by atoms with Crippen LogP contribution in [0.25, 0.3) is 38.6 Å². The predicted molar refractivity (Wildman–Crippen MR) is 148 cm³/mol. The van der Waals surface area contributed by atoms with Crippen LogP contribution < -0.4 is 0 Å². The third kappa shape index (κ3) is 4.02. The first kappa shape index (κ1) is 22.9. The van der Waals surface area contributed by atoms with Gasteiger partial charge in [-0.3, -0.25) is 0 Å². The second-order valence-electron chi connectivity index (χ2n) is 11.5. The first-order chi connectivity index (χ1) is 16.6. The first-order valence-electron chi connectivity index (χ1n) is 12.3. The van der Waals surface area contributed by atoms with Gasteiger partial charge < -0.3 is 4.57 Å². The lowest BCUT2D eigenvalue weighted by atomic mass is 9.85. The van der Waals surface area contributed by atoms with E-state index in [2.05, 4.69) is 119 Å². The Morgan fingerprint density at radius 2 is 1.20 bits per heavy atom. The molecular formula is C33H32N2. The molecule has 0 N–H and O–H groups in total. The molecule has 0 aliphatic carbocycles. The highest BCUT2D eigenvalue weighted by molar-refractivity contribution is 6.10. The lowest BCUT2D eigenvalue weighted by Crippen LogP contribution is -2.10. The molecule has 2 nitrogen and oxygen atoms in total. The fourth-order valence-corrected chi connectivity index (χ4v) is 4.88. The second kappa shape index (κ2) is 8.14. The molecule has 174 valence electrons. The minimum absolute atomic E-state index is 0.0693. The third-order valence-corrected chi connectivity index (χ3v) is 6.94. The fraction of sp³-hybridized carbons (Fsp3) is 0.242. The van der Waals surface area contributed by atoms with Crippen LogP contribution in [0.15, 0.2) is 84.9 Å². The molecule has 0 saturated carbocycles. The summed E-state index contributed by atoms with van der Waals surface area (Å²) in [7, 11) is 0. The van der Waals surface area contributed by atoms with Crippen LogP contribution in [0, 0.1) is 11.3 Å². The summed E-state index contributed by atoms with van der Waals surface area (Å²) in [6, 6.07) is 32.5. The van der Waals surface area contributed by atoms with Gasteiger partial charge in [0.2, 0.25) is 0 Å². The monoisotopic (exact) mass is 456 g/mol. The summed E-state index contributed by atoms with van der Waals surface area (Å²) in [5.41, 5.74) is 9.15. The number of para-hydroxylation sites is 1. The number of nitriles is 1. The Morgan fingerprint density at radius 1 is 0.629 bits per heavy atom. The summed E-state index contributed by atoms with van der Waals surface area (Å²) in [5, 5.41) is 12.0. The van der Waals surface area contributed by atoms with E-state index in [4.69, 9.17) is 0 Å². The molecule has 4 aromatic carbocycles. The van der Waals surface area contributed by atoms with Crippen molar-refractivity contribution in [2.24, 2.45) is 0 Å². The van der Waals surface area contributed by atoms with Crippen molar-refractivity contribution in [3.63, 3.8) is 0 Å². The Bertz CT molecular complexity index is 1540. The molecule has 2 heteroatoms. The molecule has 1 aromatic heterocycles. The summed E-state index contributed by atoms with van der Waals surface area (Å²) in [5.74, 6) is 0. The summed E-state index contributed by atoms with van der Waals surface area (Å²) >= 11 is 0. The number of aromatic nitrogens is 1. The Balaban J connectivity index is 1.88. The fourth-order valence-electron chi connectivity index (χ4n) is 4.88. The van der Waals surface area contributed by atoms with Crippen molar-refractivity contribution < 1.29 is 0 Å². The van der Waals surface area contributed by atoms with E-state index in [9.17, 15) is 5.26 Å². The van der Waals surface area contributed by atoms with Crippen molar-refractivity contribution in [3.05, 3.63) is 102 Å². The largest absolute Gasteiger partial charge is 0.309 e. The summed E-state index contributed by atoms with van der Waals surface area (Å²) in [6.45, 7) is 13.6. The zero-order chi connectivity index (χ0) is 25.0. The van der Waals surface area contributed by atoms with Gasteiger partial charge in [-0.05, 0) is 70.0 Å². The van der Waals surface area contributed by atoms with Gasteiger partial charge in [-0.25, -0.2) is 0 Å². The van der Waals surface area contributed by atoms with E-state index in [1.165, 1.54) is 32.9 Å². The average Bonchev–Trinajstić information content (AvgIpc) is 3.16. The molecule has 0 amide bonds. The topological polar surface area (TPSA) is 28.7 Å². The molecular weight excluding hydrogens is 424 g/mol. The lowest BCUT2D eigenvalue weighted by Gasteiger charge is -2.19. The quantitative estimate of drug-likeness (QED) is 0.261. The number of benzene rings is 4. The van der Waals surface area contributed by atoms with Gasteiger partial charge in [0, 0.05) is 16.3 Å². The van der Waals surface area contributed by atoms with E-state index in [1.807, 2.05) is 18.2 Å². The molecule has 1 heterocycles. The highest BCUT2D eigenvalue weighted by Gasteiger charge is 2.21. The van der Waals surface area contributed by atoms with E-state index in [-0.39, 0.29) is 10.8 Å². The molecule has 5 aromatic rings. The SMILES string of the molecule is CC(C)(C)c1ccc2c(c1)c1cc(C(C)(C)C)ccc1n2-c1ccccc1-c1cccc(C#N)c1. The van der Waals surface area contributed by atoms with Crippen LogP contribution in [-0.4, -0.2) is 4.57 Å². The van der Waals surface area contributed by atoms with Gasteiger partial charge in [-0.2, -0.15) is 5.26 Å². The zero-order valence-corrected chi connectivity index (χ0v) is 21.5. The maximum absolute atomic E-state index is 9.47. The Kier molecular flexibility index (Phi) is 5.33. The average molecular weight is 457 g/mol. The zero-order valence-electron chi connectivity index (χ0n) is 21.5. The van der Waals surface area contributed by atoms with Crippen molar-refractivity contribution in [2.45, 2.75) is 52.4 Å². The van der Waals surface area contributed by atoms with Crippen molar-refractivity contribution in [1.29, 1.82) is 5.26 Å². The van der Waals surface area contributed by atoms with Crippen LogP contribution in [0.5, 0.6) is 0 Å². The van der Waals surface area contributed by atoms with E-state index in [0.29, 0.717) is 5.56 Å². The number of hydrogen-bond donors (Lipinski definition) is 0. The maximum atomic E-state index is 9.47. The van der Waals surface area contributed by atoms with E-state index in [1.54, 1.807) is 0 Å². The van der Waals surface area contributed by atoms with Crippen molar-refractivity contribution in [2.75, 3.05) is 0 Å². The van der Waals surface area contributed by atoms with Crippen molar-refractivity contribution in [3.8, 4) is 22.9 Å². The van der Waals surface area contributed by atoms with E-state index < -0.39 is 0 Å². The van der Waals surface area contributed by atoms with Gasteiger partial charge in [-0.15, -0.1) is 0 Å². The number of rotatable bonds is 2. The van der Waals surface area contributed by atoms with Gasteiger partial charge in [0.25, 0.3) is 0 Å².